The van der Waals surface area contributed by atoms with Crippen LogP contribution in [0, 0.1) is 5.92 Å². The summed E-state index contributed by atoms with van der Waals surface area (Å²) >= 11 is 0. The molecule has 8 atom stereocenters. The van der Waals surface area contributed by atoms with E-state index >= 15 is 0 Å². The van der Waals surface area contributed by atoms with Crippen LogP contribution in [0.2, 0.25) is 0 Å². The van der Waals surface area contributed by atoms with E-state index in [4.69, 9.17) is 28.4 Å². The van der Waals surface area contributed by atoms with Crippen LogP contribution < -0.4 is 0 Å². The minimum Gasteiger partial charge on any atom is -0.458 e. The number of aliphatic hydroxyl groups is 1. The van der Waals surface area contributed by atoms with Crippen molar-refractivity contribution in [2.24, 2.45) is 5.92 Å². The van der Waals surface area contributed by atoms with E-state index in [0.717, 1.165) is 0 Å². The fraction of sp³-hybridized carbons (Fsp3) is 0.636. The van der Waals surface area contributed by atoms with Crippen molar-refractivity contribution in [3.05, 3.63) is 47.1 Å². The quantitative estimate of drug-likeness (QED) is 0.104. The average molecular weight is 621 g/mol. The molecule has 2 fully saturated rings. The van der Waals surface area contributed by atoms with Crippen molar-refractivity contribution in [2.75, 3.05) is 7.11 Å². The largest absolute Gasteiger partial charge is 0.458 e. The number of methoxy groups -OCH3 is 1. The van der Waals surface area contributed by atoms with Gasteiger partial charge in [0, 0.05) is 37.2 Å². The van der Waals surface area contributed by atoms with E-state index in [1.165, 1.54) is 14.0 Å². The van der Waals surface area contributed by atoms with Gasteiger partial charge in [-0.2, -0.15) is 0 Å². The Kier molecular flexibility index (Phi) is 12.3. The molecule has 1 aliphatic carbocycles. The predicted molar refractivity (Wildman–Crippen MR) is 161 cm³/mol. The van der Waals surface area contributed by atoms with Gasteiger partial charge in [-0.25, -0.2) is 14.4 Å². The number of carbonyl (C=O) groups excluding carboxylic acids is 4. The Morgan fingerprint density at radius 3 is 1.86 bits per heavy atom. The van der Waals surface area contributed by atoms with Crippen LogP contribution in [0.4, 0.5) is 0 Å². The lowest BCUT2D eigenvalue weighted by molar-refractivity contribution is -0.186. The molecular weight excluding hydrogens is 572 g/mol. The van der Waals surface area contributed by atoms with Crippen molar-refractivity contribution in [1.82, 2.24) is 0 Å². The molecule has 1 saturated carbocycles. The molecule has 11 heteroatoms. The molecular formula is C33H48O11. The van der Waals surface area contributed by atoms with Gasteiger partial charge >= 0.3 is 23.9 Å². The standard InChI is InChI=1S/C33H48O11/c1-13-17(4)29(36)41-22(16-23(35)32(9,10)39-12)20(7)24-25(40-21(8)34)27(43-31(38)19(6)15-3)33(11)28(44-33)26(24)42-30(37)18(5)14-2/h13-15,22-28,35H,7,16H2,1-6,8-12H3/b17-13?,18-14-,19-15?/t22?,23?,24-,25+,26+,27+,28-,33+/m1/s1. The Morgan fingerprint density at radius 1 is 0.886 bits per heavy atom. The maximum absolute atomic E-state index is 13.1. The molecule has 1 saturated heterocycles. The van der Waals surface area contributed by atoms with E-state index < -0.39 is 77.6 Å². The summed E-state index contributed by atoms with van der Waals surface area (Å²) in [5, 5.41) is 11.1. The van der Waals surface area contributed by atoms with Crippen molar-refractivity contribution < 1.29 is 52.7 Å². The molecule has 2 rings (SSSR count). The van der Waals surface area contributed by atoms with Crippen molar-refractivity contribution in [3.63, 3.8) is 0 Å². The summed E-state index contributed by atoms with van der Waals surface area (Å²) in [6.07, 6.45) is -2.03. The first-order chi connectivity index (χ1) is 20.4. The van der Waals surface area contributed by atoms with E-state index in [0.29, 0.717) is 16.7 Å². The number of hydrogen-bond acceptors (Lipinski definition) is 11. The average Bonchev–Trinajstić information content (AvgIpc) is 3.68. The second-order valence-corrected chi connectivity index (χ2v) is 12.0. The van der Waals surface area contributed by atoms with E-state index in [2.05, 4.69) is 6.58 Å². The summed E-state index contributed by atoms with van der Waals surface area (Å²) in [7, 11) is 1.44. The highest BCUT2D eigenvalue weighted by molar-refractivity contribution is 5.89. The molecule has 0 bridgehead atoms. The van der Waals surface area contributed by atoms with Gasteiger partial charge in [0.1, 0.15) is 23.9 Å². The topological polar surface area (TPSA) is 147 Å². The van der Waals surface area contributed by atoms with Gasteiger partial charge in [0.25, 0.3) is 0 Å². The van der Waals surface area contributed by atoms with Crippen LogP contribution in [0.3, 0.4) is 0 Å². The minimum absolute atomic E-state index is 0.162. The number of hydrogen-bond donors (Lipinski definition) is 1. The van der Waals surface area contributed by atoms with Gasteiger partial charge in [-0.15, -0.1) is 0 Å². The van der Waals surface area contributed by atoms with Gasteiger partial charge in [-0.1, -0.05) is 24.8 Å². The molecule has 0 aromatic carbocycles. The van der Waals surface area contributed by atoms with Crippen molar-refractivity contribution >= 4 is 23.9 Å². The van der Waals surface area contributed by atoms with E-state index in [-0.39, 0.29) is 12.0 Å². The van der Waals surface area contributed by atoms with Crippen LogP contribution in [0.1, 0.15) is 75.7 Å². The first kappa shape index (κ1) is 36.9. The lowest BCUT2D eigenvalue weighted by atomic mass is 9.71. The van der Waals surface area contributed by atoms with Crippen LogP contribution in [-0.4, -0.2) is 83.9 Å². The molecule has 11 nitrogen and oxygen atoms in total. The van der Waals surface area contributed by atoms with Gasteiger partial charge in [0.05, 0.1) is 17.6 Å². The van der Waals surface area contributed by atoms with Crippen molar-refractivity contribution in [2.45, 2.75) is 123 Å². The molecule has 246 valence electrons. The zero-order chi connectivity index (χ0) is 33.7. The maximum Gasteiger partial charge on any atom is 0.333 e. The number of rotatable bonds is 13. The summed E-state index contributed by atoms with van der Waals surface area (Å²) in [6, 6.07) is 0. The highest BCUT2D eigenvalue weighted by Crippen LogP contribution is 2.55. The third-order valence-electron chi connectivity index (χ3n) is 8.66. The second-order valence-electron chi connectivity index (χ2n) is 12.0. The molecule has 2 aliphatic rings. The summed E-state index contributed by atoms with van der Waals surface area (Å²) < 4.78 is 35.1. The van der Waals surface area contributed by atoms with E-state index in [1.54, 1.807) is 80.5 Å². The molecule has 2 unspecified atom stereocenters. The number of esters is 4. The number of fused-ring (bicyclic) bond motifs is 1. The number of epoxide rings is 1. The number of carbonyl (C=O) groups is 4. The molecule has 1 heterocycles. The lowest BCUT2D eigenvalue weighted by Crippen LogP contribution is -2.60. The summed E-state index contributed by atoms with van der Waals surface area (Å²) in [5.74, 6) is -3.75. The molecule has 0 amide bonds. The molecule has 1 aliphatic heterocycles. The first-order valence-corrected chi connectivity index (χ1v) is 14.7. The van der Waals surface area contributed by atoms with Crippen LogP contribution in [0.5, 0.6) is 0 Å². The summed E-state index contributed by atoms with van der Waals surface area (Å²) in [5.41, 5.74) is -1.11. The van der Waals surface area contributed by atoms with Crippen LogP contribution in [0.15, 0.2) is 47.1 Å². The summed E-state index contributed by atoms with van der Waals surface area (Å²) in [6.45, 7) is 20.3. The van der Waals surface area contributed by atoms with E-state index in [9.17, 15) is 24.3 Å². The Labute approximate surface area is 260 Å². The van der Waals surface area contributed by atoms with Crippen LogP contribution in [-0.2, 0) is 47.6 Å². The minimum atomic E-state index is -1.27. The van der Waals surface area contributed by atoms with Crippen LogP contribution in [0.25, 0.3) is 0 Å². The highest BCUT2D eigenvalue weighted by atomic mass is 16.7. The molecule has 0 aromatic rings. The monoisotopic (exact) mass is 620 g/mol. The smallest absolute Gasteiger partial charge is 0.333 e. The molecule has 0 aromatic heterocycles. The summed E-state index contributed by atoms with van der Waals surface area (Å²) in [4.78, 5) is 51.6. The number of aliphatic hydroxyl groups excluding tert-OH is 1. The normalized spacial score (nSPS) is 28.6. The fourth-order valence-corrected chi connectivity index (χ4v) is 4.93. The molecule has 44 heavy (non-hydrogen) atoms. The molecule has 0 spiro atoms. The predicted octanol–water partition coefficient (Wildman–Crippen LogP) is 4.07. The Bertz CT molecular complexity index is 1230. The van der Waals surface area contributed by atoms with Crippen molar-refractivity contribution in [1.29, 1.82) is 0 Å². The first-order valence-electron chi connectivity index (χ1n) is 14.7. The SMILES string of the molecule is C=C(C(CC(O)C(C)(C)OC)OC(=O)C(C)=CC)[C@H]1[C@H](OC(=O)/C(C)=C\C)[C@H]2O[C@@]2(C)[C@@H](OC(=O)C(C)=CC)[C@H]1OC(C)=O. The Balaban J connectivity index is 2.74. The Morgan fingerprint density at radius 2 is 1.39 bits per heavy atom. The van der Waals surface area contributed by atoms with Gasteiger partial charge in [-0.3, -0.25) is 4.79 Å². The van der Waals surface area contributed by atoms with Crippen molar-refractivity contribution in [3.8, 4) is 0 Å². The number of ether oxygens (including phenoxy) is 6. The third-order valence-corrected chi connectivity index (χ3v) is 8.66. The maximum atomic E-state index is 13.1. The van der Waals surface area contributed by atoms with Gasteiger partial charge in [-0.05, 0) is 67.9 Å². The third kappa shape index (κ3) is 8.05. The van der Waals surface area contributed by atoms with Gasteiger partial charge in [0.2, 0.25) is 0 Å². The van der Waals surface area contributed by atoms with Gasteiger partial charge < -0.3 is 33.5 Å². The highest BCUT2D eigenvalue weighted by Gasteiger charge is 2.74. The molecule has 1 N–H and O–H groups in total. The lowest BCUT2D eigenvalue weighted by Gasteiger charge is -2.44. The zero-order valence-corrected chi connectivity index (χ0v) is 27.7. The van der Waals surface area contributed by atoms with Gasteiger partial charge in [0.15, 0.2) is 12.2 Å². The fourth-order valence-electron chi connectivity index (χ4n) is 4.93. The molecule has 0 radical (unpaired) electrons. The van der Waals surface area contributed by atoms with E-state index in [1.807, 2.05) is 0 Å². The number of allylic oxidation sites excluding steroid dienone is 3. The Hall–Kier alpha value is -3.28. The second kappa shape index (κ2) is 14.7. The van der Waals surface area contributed by atoms with Crippen LogP contribution >= 0.6 is 0 Å². The zero-order valence-electron chi connectivity index (χ0n) is 27.7.